The third-order valence-corrected chi connectivity index (χ3v) is 7.29. The van der Waals surface area contributed by atoms with Gasteiger partial charge in [0, 0.05) is 12.1 Å². The standard InChI is InChI=1S/C22H31N3O.2ClH/c26-21(18-4-3-7-23-14-18)24-19-5-1-2-6-20(19)25-22-11-15-8-16(12-22)10-17(9-15)13-22;;/h1-2,5-6,15-18,23,25H,3-4,7-14H2,(H,24,26);2*1H. The summed E-state index contributed by atoms with van der Waals surface area (Å²) in [4.78, 5) is 12.7. The van der Waals surface area contributed by atoms with Crippen molar-refractivity contribution in [2.24, 2.45) is 23.7 Å². The average molecular weight is 426 g/mol. The van der Waals surface area contributed by atoms with Crippen molar-refractivity contribution >= 4 is 42.1 Å². The molecule has 1 amide bonds. The quantitative estimate of drug-likeness (QED) is 0.645. The summed E-state index contributed by atoms with van der Waals surface area (Å²) in [5.74, 6) is 3.02. The molecule has 4 aliphatic carbocycles. The lowest BCUT2D eigenvalue weighted by Gasteiger charge is -2.57. The van der Waals surface area contributed by atoms with E-state index < -0.39 is 0 Å². The fourth-order valence-corrected chi connectivity index (χ4v) is 6.56. The van der Waals surface area contributed by atoms with Crippen molar-refractivity contribution in [1.82, 2.24) is 5.32 Å². The van der Waals surface area contributed by atoms with Crippen molar-refractivity contribution in [1.29, 1.82) is 0 Å². The highest BCUT2D eigenvalue weighted by Crippen LogP contribution is 2.56. The monoisotopic (exact) mass is 425 g/mol. The molecule has 1 aromatic carbocycles. The lowest BCUT2D eigenvalue weighted by Crippen LogP contribution is -2.54. The van der Waals surface area contributed by atoms with Crippen molar-refractivity contribution < 1.29 is 4.79 Å². The van der Waals surface area contributed by atoms with Gasteiger partial charge in [-0.25, -0.2) is 0 Å². The van der Waals surface area contributed by atoms with Gasteiger partial charge in [-0.3, -0.25) is 4.79 Å². The summed E-state index contributed by atoms with van der Waals surface area (Å²) >= 11 is 0. The van der Waals surface area contributed by atoms with Crippen LogP contribution in [0.2, 0.25) is 0 Å². The van der Waals surface area contributed by atoms with E-state index in [1.807, 2.05) is 6.07 Å². The minimum absolute atomic E-state index is 0. The maximum atomic E-state index is 12.7. The fraction of sp³-hybridized carbons (Fsp3) is 0.682. The zero-order valence-corrected chi connectivity index (χ0v) is 18.0. The molecule has 6 rings (SSSR count). The number of piperidine rings is 1. The van der Waals surface area contributed by atoms with Crippen LogP contribution >= 0.6 is 24.8 Å². The van der Waals surface area contributed by atoms with Crippen LogP contribution in [0.25, 0.3) is 0 Å². The molecule has 28 heavy (non-hydrogen) atoms. The Bertz CT molecular complexity index is 655. The molecule has 0 aromatic heterocycles. The molecule has 0 radical (unpaired) electrons. The van der Waals surface area contributed by atoms with E-state index in [-0.39, 0.29) is 42.2 Å². The van der Waals surface area contributed by atoms with E-state index in [0.29, 0.717) is 0 Å². The molecular formula is C22H33Cl2N3O. The van der Waals surface area contributed by atoms with Crippen molar-refractivity contribution in [3.8, 4) is 0 Å². The van der Waals surface area contributed by atoms with E-state index in [0.717, 1.165) is 55.1 Å². The Kier molecular flexibility index (Phi) is 6.84. The van der Waals surface area contributed by atoms with E-state index in [9.17, 15) is 4.79 Å². The zero-order valence-electron chi connectivity index (χ0n) is 16.4. The predicted molar refractivity (Wildman–Crippen MR) is 120 cm³/mol. The van der Waals surface area contributed by atoms with Crippen LogP contribution in [0.15, 0.2) is 24.3 Å². The largest absolute Gasteiger partial charge is 0.378 e. The van der Waals surface area contributed by atoms with Gasteiger partial charge in [0.1, 0.15) is 0 Å². The van der Waals surface area contributed by atoms with Crippen molar-refractivity contribution in [2.75, 3.05) is 23.7 Å². The van der Waals surface area contributed by atoms with Crippen LogP contribution in [-0.2, 0) is 4.79 Å². The topological polar surface area (TPSA) is 53.2 Å². The molecule has 4 bridgehead atoms. The minimum Gasteiger partial charge on any atom is -0.378 e. The molecule has 6 heteroatoms. The van der Waals surface area contributed by atoms with E-state index in [4.69, 9.17) is 0 Å². The van der Waals surface area contributed by atoms with Gasteiger partial charge in [-0.05, 0) is 87.8 Å². The molecule has 156 valence electrons. The Labute approximate surface area is 180 Å². The third-order valence-electron chi connectivity index (χ3n) is 7.29. The van der Waals surface area contributed by atoms with Crippen LogP contribution in [0.4, 0.5) is 11.4 Å². The number of carbonyl (C=O) groups is 1. The van der Waals surface area contributed by atoms with Crippen LogP contribution in [0.5, 0.6) is 0 Å². The van der Waals surface area contributed by atoms with Crippen LogP contribution in [0.1, 0.15) is 51.4 Å². The van der Waals surface area contributed by atoms with Gasteiger partial charge in [0.2, 0.25) is 5.91 Å². The Morgan fingerprint density at radius 3 is 2.14 bits per heavy atom. The summed E-state index contributed by atoms with van der Waals surface area (Å²) in [6.07, 6.45) is 10.4. The predicted octanol–water partition coefficient (Wildman–Crippen LogP) is 4.85. The van der Waals surface area contributed by atoms with Gasteiger partial charge in [0.05, 0.1) is 17.3 Å². The van der Waals surface area contributed by atoms with E-state index >= 15 is 0 Å². The molecule has 0 spiro atoms. The summed E-state index contributed by atoms with van der Waals surface area (Å²) in [5, 5.41) is 10.5. The molecule has 4 saturated carbocycles. The first-order valence-corrected chi connectivity index (χ1v) is 10.6. The maximum absolute atomic E-state index is 12.7. The van der Waals surface area contributed by atoms with Crippen molar-refractivity contribution in [3.05, 3.63) is 24.3 Å². The number of hydrogen-bond acceptors (Lipinski definition) is 3. The van der Waals surface area contributed by atoms with Gasteiger partial charge in [-0.15, -0.1) is 24.8 Å². The first kappa shape index (κ1) is 21.7. The van der Waals surface area contributed by atoms with Crippen LogP contribution in [0.3, 0.4) is 0 Å². The fourth-order valence-electron chi connectivity index (χ4n) is 6.56. The molecule has 5 fully saturated rings. The number of benzene rings is 1. The molecular weight excluding hydrogens is 393 g/mol. The SMILES string of the molecule is Cl.Cl.O=C(Nc1ccccc1NC12CC3CC(CC(C3)C1)C2)C1CCCNC1. The second-order valence-electron chi connectivity index (χ2n) is 9.40. The van der Waals surface area contributed by atoms with Gasteiger partial charge in [0.25, 0.3) is 0 Å². The van der Waals surface area contributed by atoms with Crippen molar-refractivity contribution in [3.63, 3.8) is 0 Å². The number of halogens is 2. The third kappa shape index (κ3) is 4.29. The lowest BCUT2D eigenvalue weighted by molar-refractivity contribution is -0.120. The average Bonchev–Trinajstić information content (AvgIpc) is 2.63. The van der Waals surface area contributed by atoms with E-state index in [2.05, 4.69) is 34.1 Å². The highest BCUT2D eigenvalue weighted by molar-refractivity contribution is 5.96. The number of anilines is 2. The maximum Gasteiger partial charge on any atom is 0.228 e. The number of hydrogen-bond donors (Lipinski definition) is 3. The van der Waals surface area contributed by atoms with Gasteiger partial charge in [-0.1, -0.05) is 12.1 Å². The Morgan fingerprint density at radius 1 is 0.964 bits per heavy atom. The molecule has 1 heterocycles. The molecule has 4 nitrogen and oxygen atoms in total. The van der Waals surface area contributed by atoms with E-state index in [1.165, 1.54) is 38.5 Å². The summed E-state index contributed by atoms with van der Waals surface area (Å²) in [7, 11) is 0. The van der Waals surface area contributed by atoms with Gasteiger partial charge in [0.15, 0.2) is 0 Å². The molecule has 1 aromatic rings. The highest BCUT2D eigenvalue weighted by atomic mass is 35.5. The zero-order chi connectivity index (χ0) is 17.6. The smallest absolute Gasteiger partial charge is 0.228 e. The van der Waals surface area contributed by atoms with Gasteiger partial charge < -0.3 is 16.0 Å². The number of rotatable bonds is 4. The normalized spacial score (nSPS) is 35.4. The molecule has 3 N–H and O–H groups in total. The number of carbonyl (C=O) groups excluding carboxylic acids is 1. The summed E-state index contributed by atoms with van der Waals surface area (Å²) in [6.45, 7) is 1.84. The number of amides is 1. The first-order chi connectivity index (χ1) is 12.7. The molecule has 5 aliphatic rings. The highest BCUT2D eigenvalue weighted by Gasteiger charge is 2.51. The first-order valence-electron chi connectivity index (χ1n) is 10.6. The Morgan fingerprint density at radius 2 is 1.57 bits per heavy atom. The van der Waals surface area contributed by atoms with Crippen molar-refractivity contribution in [2.45, 2.75) is 56.9 Å². The second kappa shape index (κ2) is 8.81. The molecule has 1 unspecified atom stereocenters. The Hall–Kier alpha value is -0.970. The van der Waals surface area contributed by atoms with Crippen LogP contribution < -0.4 is 16.0 Å². The second-order valence-corrected chi connectivity index (χ2v) is 9.40. The van der Waals surface area contributed by atoms with Gasteiger partial charge >= 0.3 is 0 Å². The van der Waals surface area contributed by atoms with Gasteiger partial charge in [-0.2, -0.15) is 0 Å². The molecule has 1 saturated heterocycles. The summed E-state index contributed by atoms with van der Waals surface area (Å²) in [5.41, 5.74) is 2.34. The van der Waals surface area contributed by atoms with E-state index in [1.54, 1.807) is 0 Å². The molecule has 1 aliphatic heterocycles. The van der Waals surface area contributed by atoms with Crippen LogP contribution in [0, 0.1) is 23.7 Å². The van der Waals surface area contributed by atoms with Crippen LogP contribution in [-0.4, -0.2) is 24.5 Å². The lowest BCUT2D eigenvalue weighted by atomic mass is 9.53. The summed E-state index contributed by atoms with van der Waals surface area (Å²) in [6, 6.07) is 8.31. The Balaban J connectivity index is 0.00000112. The molecule has 1 atom stereocenters. The number of para-hydroxylation sites is 2. The minimum atomic E-state index is 0. The number of nitrogens with one attached hydrogen (secondary N) is 3. The summed E-state index contributed by atoms with van der Waals surface area (Å²) < 4.78 is 0.